The molecule has 1 aliphatic carbocycles. The van der Waals surface area contributed by atoms with Crippen molar-refractivity contribution < 1.29 is 9.84 Å². The molecule has 2 atom stereocenters. The van der Waals surface area contributed by atoms with Crippen molar-refractivity contribution in [1.29, 1.82) is 0 Å². The first-order valence-corrected chi connectivity index (χ1v) is 8.06. The predicted molar refractivity (Wildman–Crippen MR) is 87.6 cm³/mol. The zero-order valence-corrected chi connectivity index (χ0v) is 13.6. The van der Waals surface area contributed by atoms with Crippen LogP contribution in [-0.4, -0.2) is 12.2 Å². The minimum Gasteiger partial charge on any atom is -0.496 e. The van der Waals surface area contributed by atoms with Crippen LogP contribution in [-0.2, 0) is 12.8 Å². The van der Waals surface area contributed by atoms with Crippen LogP contribution in [0.25, 0.3) is 0 Å². The van der Waals surface area contributed by atoms with Crippen LogP contribution < -0.4 is 4.74 Å². The van der Waals surface area contributed by atoms with Crippen LogP contribution in [0.3, 0.4) is 0 Å². The van der Waals surface area contributed by atoms with Gasteiger partial charge in [-0.05, 0) is 69.9 Å². The highest BCUT2D eigenvalue weighted by Crippen LogP contribution is 2.36. The van der Waals surface area contributed by atoms with Gasteiger partial charge in [0.25, 0.3) is 0 Å². The quantitative estimate of drug-likeness (QED) is 0.897. The smallest absolute Gasteiger partial charge is 0.133 e. The maximum Gasteiger partial charge on any atom is 0.133 e. The van der Waals surface area contributed by atoms with Gasteiger partial charge in [0, 0.05) is 0 Å². The van der Waals surface area contributed by atoms with Crippen LogP contribution in [0.4, 0.5) is 0 Å². The highest BCUT2D eigenvalue weighted by molar-refractivity contribution is 9.10. The third-order valence-corrected chi connectivity index (χ3v) is 4.97. The highest BCUT2D eigenvalue weighted by atomic mass is 79.9. The van der Waals surface area contributed by atoms with Crippen molar-refractivity contribution in [3.63, 3.8) is 0 Å². The summed E-state index contributed by atoms with van der Waals surface area (Å²) in [5.41, 5.74) is 3.75. The molecule has 0 saturated carbocycles. The van der Waals surface area contributed by atoms with Crippen molar-refractivity contribution in [3.05, 3.63) is 63.6 Å². The van der Waals surface area contributed by atoms with Gasteiger partial charge >= 0.3 is 0 Å². The van der Waals surface area contributed by atoms with E-state index in [0.29, 0.717) is 0 Å². The normalized spacial score (nSPS) is 18.9. The van der Waals surface area contributed by atoms with E-state index in [9.17, 15) is 5.11 Å². The lowest BCUT2D eigenvalue weighted by Crippen LogP contribution is -2.21. The predicted octanol–water partition coefficient (Wildman–Crippen LogP) is 4.30. The molecule has 0 saturated heterocycles. The summed E-state index contributed by atoms with van der Waals surface area (Å²) in [7, 11) is 1.65. The van der Waals surface area contributed by atoms with E-state index in [-0.39, 0.29) is 5.92 Å². The maximum absolute atomic E-state index is 10.7. The number of aliphatic hydroxyl groups is 1. The molecule has 3 rings (SSSR count). The van der Waals surface area contributed by atoms with Gasteiger partial charge < -0.3 is 9.84 Å². The Labute approximate surface area is 133 Å². The van der Waals surface area contributed by atoms with E-state index in [1.807, 2.05) is 18.2 Å². The number of fused-ring (bicyclic) bond motifs is 1. The van der Waals surface area contributed by atoms with Gasteiger partial charge in [0.2, 0.25) is 0 Å². The van der Waals surface area contributed by atoms with Crippen LogP contribution in [0.2, 0.25) is 0 Å². The summed E-state index contributed by atoms with van der Waals surface area (Å²) in [6.45, 7) is 0. The fourth-order valence-corrected chi connectivity index (χ4v) is 3.69. The summed E-state index contributed by atoms with van der Waals surface area (Å²) in [6, 6.07) is 14.4. The van der Waals surface area contributed by atoms with Gasteiger partial charge in [0.05, 0.1) is 17.7 Å². The molecule has 0 aromatic heterocycles. The second kappa shape index (κ2) is 6.20. The van der Waals surface area contributed by atoms with Crippen molar-refractivity contribution in [2.75, 3.05) is 7.11 Å². The van der Waals surface area contributed by atoms with Crippen molar-refractivity contribution in [3.8, 4) is 5.75 Å². The Morgan fingerprint density at radius 3 is 2.67 bits per heavy atom. The molecule has 0 spiro atoms. The summed E-state index contributed by atoms with van der Waals surface area (Å²) >= 11 is 3.49. The first kappa shape index (κ1) is 14.6. The second-order valence-electron chi connectivity index (χ2n) is 5.61. The van der Waals surface area contributed by atoms with Crippen LogP contribution in [0.5, 0.6) is 5.75 Å². The number of aryl methyl sites for hydroxylation is 1. The van der Waals surface area contributed by atoms with Gasteiger partial charge in [-0.25, -0.2) is 0 Å². The fourth-order valence-electron chi connectivity index (χ4n) is 3.13. The molecule has 0 bridgehead atoms. The highest BCUT2D eigenvalue weighted by Gasteiger charge is 2.26. The van der Waals surface area contributed by atoms with E-state index < -0.39 is 6.10 Å². The standard InChI is InChI=1S/C18H19BrO2/c1-21-17-9-8-15(11-16(17)19)18(20)14-7-6-12-4-2-3-5-13(12)10-14/h2-5,8-9,11,14,18,20H,6-7,10H2,1H3. The zero-order valence-electron chi connectivity index (χ0n) is 12.1. The van der Waals surface area contributed by atoms with E-state index in [0.717, 1.165) is 35.0 Å². The molecule has 0 fully saturated rings. The Balaban J connectivity index is 1.80. The van der Waals surface area contributed by atoms with Crippen molar-refractivity contribution >= 4 is 15.9 Å². The topological polar surface area (TPSA) is 29.5 Å². The second-order valence-corrected chi connectivity index (χ2v) is 6.46. The third-order valence-electron chi connectivity index (χ3n) is 4.35. The molecule has 0 heterocycles. The molecular formula is C18H19BrO2. The lowest BCUT2D eigenvalue weighted by Gasteiger charge is -2.29. The molecule has 110 valence electrons. The number of hydrogen-bond donors (Lipinski definition) is 1. The Bertz CT molecular complexity index is 639. The van der Waals surface area contributed by atoms with E-state index in [1.54, 1.807) is 7.11 Å². The first-order chi connectivity index (χ1) is 10.2. The van der Waals surface area contributed by atoms with Gasteiger partial charge in [0.1, 0.15) is 5.75 Å². The molecule has 2 unspecified atom stereocenters. The van der Waals surface area contributed by atoms with E-state index >= 15 is 0 Å². The summed E-state index contributed by atoms with van der Waals surface area (Å²) < 4.78 is 6.13. The van der Waals surface area contributed by atoms with E-state index in [2.05, 4.69) is 40.2 Å². The van der Waals surface area contributed by atoms with E-state index in [1.165, 1.54) is 11.1 Å². The van der Waals surface area contributed by atoms with Crippen LogP contribution in [0.15, 0.2) is 46.9 Å². The largest absolute Gasteiger partial charge is 0.496 e. The molecule has 3 heteroatoms. The van der Waals surface area contributed by atoms with Crippen LogP contribution in [0, 0.1) is 5.92 Å². The molecular weight excluding hydrogens is 328 g/mol. The molecule has 0 amide bonds. The van der Waals surface area contributed by atoms with Gasteiger partial charge in [-0.2, -0.15) is 0 Å². The number of hydrogen-bond acceptors (Lipinski definition) is 2. The molecule has 1 N–H and O–H groups in total. The monoisotopic (exact) mass is 346 g/mol. The zero-order chi connectivity index (χ0) is 14.8. The average Bonchev–Trinajstić information content (AvgIpc) is 2.53. The molecule has 1 aliphatic rings. The maximum atomic E-state index is 10.7. The third kappa shape index (κ3) is 2.99. The summed E-state index contributed by atoms with van der Waals surface area (Å²) in [6.07, 6.45) is 2.60. The lowest BCUT2D eigenvalue weighted by molar-refractivity contribution is 0.0994. The number of rotatable bonds is 3. The van der Waals surface area contributed by atoms with Crippen LogP contribution >= 0.6 is 15.9 Å². The molecule has 2 aromatic rings. The SMILES string of the molecule is COc1ccc(C(O)C2CCc3ccccc3C2)cc1Br. The number of benzene rings is 2. The minimum atomic E-state index is -0.430. The van der Waals surface area contributed by atoms with E-state index in [4.69, 9.17) is 4.74 Å². The Morgan fingerprint density at radius 2 is 1.95 bits per heavy atom. The number of halogens is 1. The minimum absolute atomic E-state index is 0.278. The molecule has 2 nitrogen and oxygen atoms in total. The van der Waals surface area contributed by atoms with Gasteiger partial charge in [-0.1, -0.05) is 30.3 Å². The van der Waals surface area contributed by atoms with Gasteiger partial charge in [-0.3, -0.25) is 0 Å². The molecule has 0 radical (unpaired) electrons. The summed E-state index contributed by atoms with van der Waals surface area (Å²) in [5, 5.41) is 10.7. The van der Waals surface area contributed by atoms with Crippen molar-refractivity contribution in [2.45, 2.75) is 25.4 Å². The van der Waals surface area contributed by atoms with Crippen LogP contribution in [0.1, 0.15) is 29.2 Å². The number of aliphatic hydroxyl groups excluding tert-OH is 1. The van der Waals surface area contributed by atoms with Gasteiger partial charge in [-0.15, -0.1) is 0 Å². The fraction of sp³-hybridized carbons (Fsp3) is 0.333. The Hall–Kier alpha value is -1.32. The average molecular weight is 347 g/mol. The Morgan fingerprint density at radius 1 is 1.19 bits per heavy atom. The molecule has 0 aliphatic heterocycles. The van der Waals surface area contributed by atoms with Gasteiger partial charge in [0.15, 0.2) is 0 Å². The summed E-state index contributed by atoms with van der Waals surface area (Å²) in [5.74, 6) is 1.07. The molecule has 21 heavy (non-hydrogen) atoms. The number of methoxy groups -OCH3 is 1. The molecule has 2 aromatic carbocycles. The first-order valence-electron chi connectivity index (χ1n) is 7.27. The number of ether oxygens (including phenoxy) is 1. The summed E-state index contributed by atoms with van der Waals surface area (Å²) in [4.78, 5) is 0. The Kier molecular flexibility index (Phi) is 4.32. The lowest BCUT2D eigenvalue weighted by atomic mass is 9.79. The van der Waals surface area contributed by atoms with Crippen molar-refractivity contribution in [1.82, 2.24) is 0 Å². The van der Waals surface area contributed by atoms with Crippen molar-refractivity contribution in [2.24, 2.45) is 5.92 Å².